The summed E-state index contributed by atoms with van der Waals surface area (Å²) in [5, 5.41) is 7.19. The molecule has 1 amide bonds. The second-order valence-corrected chi connectivity index (χ2v) is 9.53. The van der Waals surface area contributed by atoms with Gasteiger partial charge in [0.2, 0.25) is 5.91 Å². The van der Waals surface area contributed by atoms with Crippen molar-refractivity contribution in [2.75, 3.05) is 5.32 Å². The van der Waals surface area contributed by atoms with Crippen LogP contribution in [-0.2, 0) is 4.79 Å². The van der Waals surface area contributed by atoms with Crippen LogP contribution >= 0.6 is 23.6 Å². The molecule has 0 aliphatic heterocycles. The topological polar surface area (TPSA) is 54.0 Å². The Bertz CT molecular complexity index is 791. The summed E-state index contributed by atoms with van der Waals surface area (Å²) < 4.78 is 1.11. The quantitative estimate of drug-likeness (QED) is 0.772. The summed E-state index contributed by atoms with van der Waals surface area (Å²) >= 11 is 6.95. The summed E-state index contributed by atoms with van der Waals surface area (Å²) in [4.78, 5) is 17.5. The fourth-order valence-electron chi connectivity index (χ4n) is 5.68. The van der Waals surface area contributed by atoms with Crippen LogP contribution in [0.1, 0.15) is 38.5 Å². The van der Waals surface area contributed by atoms with Crippen LogP contribution in [0.15, 0.2) is 24.3 Å². The van der Waals surface area contributed by atoms with E-state index in [9.17, 15) is 4.79 Å². The first-order valence-electron chi connectivity index (χ1n) is 9.08. The van der Waals surface area contributed by atoms with E-state index in [1.54, 1.807) is 11.3 Å². The van der Waals surface area contributed by atoms with Crippen molar-refractivity contribution in [3.05, 3.63) is 24.3 Å². The molecule has 0 saturated heterocycles. The Labute approximate surface area is 156 Å². The van der Waals surface area contributed by atoms with Gasteiger partial charge in [0.25, 0.3) is 0 Å². The molecular weight excluding hydrogens is 350 g/mol. The Balaban J connectivity index is 1.28. The van der Waals surface area contributed by atoms with Crippen molar-refractivity contribution in [1.82, 2.24) is 10.3 Å². The predicted octanol–water partition coefficient (Wildman–Crippen LogP) is 4.33. The lowest BCUT2D eigenvalue weighted by molar-refractivity contribution is -0.144. The summed E-state index contributed by atoms with van der Waals surface area (Å²) in [6.07, 6.45) is 7.15. The van der Waals surface area contributed by atoms with E-state index < -0.39 is 0 Å². The lowest BCUT2D eigenvalue weighted by atomic mass is 9.49. The first kappa shape index (κ1) is 15.7. The molecule has 2 aromatic rings. The van der Waals surface area contributed by atoms with Gasteiger partial charge in [-0.25, -0.2) is 4.98 Å². The third-order valence-electron chi connectivity index (χ3n) is 6.26. The Morgan fingerprint density at radius 3 is 2.40 bits per heavy atom. The van der Waals surface area contributed by atoms with Crippen LogP contribution in [0, 0.1) is 23.2 Å². The molecule has 6 rings (SSSR count). The molecule has 25 heavy (non-hydrogen) atoms. The van der Waals surface area contributed by atoms with Crippen molar-refractivity contribution < 1.29 is 4.79 Å². The van der Waals surface area contributed by atoms with E-state index in [-0.39, 0.29) is 11.3 Å². The SMILES string of the molecule is O=C(NC(=S)Nc1nc2ccccc2s1)C12CC3CC(CC(C3)C1)C2. The number of thiazole rings is 1. The van der Waals surface area contributed by atoms with E-state index in [0.717, 1.165) is 52.4 Å². The Kier molecular flexibility index (Phi) is 3.61. The van der Waals surface area contributed by atoms with Gasteiger partial charge in [0.15, 0.2) is 10.2 Å². The smallest absolute Gasteiger partial charge is 0.232 e. The van der Waals surface area contributed by atoms with Crippen LogP contribution in [0.5, 0.6) is 0 Å². The summed E-state index contributed by atoms with van der Waals surface area (Å²) in [6.45, 7) is 0. The number of fused-ring (bicyclic) bond motifs is 1. The minimum atomic E-state index is -0.173. The fraction of sp³-hybridized carbons (Fsp3) is 0.526. The van der Waals surface area contributed by atoms with Gasteiger partial charge in [-0.2, -0.15) is 0 Å². The highest BCUT2D eigenvalue weighted by Crippen LogP contribution is 2.60. The first-order valence-corrected chi connectivity index (χ1v) is 10.3. The third kappa shape index (κ3) is 2.75. The van der Waals surface area contributed by atoms with Crippen molar-refractivity contribution in [3.8, 4) is 0 Å². The average Bonchev–Trinajstić information content (AvgIpc) is 2.95. The number of para-hydroxylation sites is 1. The molecule has 0 radical (unpaired) electrons. The van der Waals surface area contributed by atoms with Crippen LogP contribution in [0.2, 0.25) is 0 Å². The number of nitrogens with one attached hydrogen (secondary N) is 2. The van der Waals surface area contributed by atoms with Gasteiger partial charge in [0, 0.05) is 0 Å². The van der Waals surface area contributed by atoms with Crippen molar-refractivity contribution in [2.24, 2.45) is 23.2 Å². The monoisotopic (exact) mass is 371 g/mol. The molecule has 6 heteroatoms. The molecule has 4 nitrogen and oxygen atoms in total. The number of aromatic nitrogens is 1. The minimum Gasteiger partial charge on any atom is -0.308 e. The number of thiocarbonyl (C=S) groups is 1. The van der Waals surface area contributed by atoms with E-state index in [4.69, 9.17) is 12.2 Å². The second-order valence-electron chi connectivity index (χ2n) is 8.09. The van der Waals surface area contributed by atoms with Gasteiger partial charge in [-0.3, -0.25) is 4.79 Å². The Morgan fingerprint density at radius 2 is 1.76 bits per heavy atom. The molecule has 0 spiro atoms. The number of anilines is 1. The lowest BCUT2D eigenvalue weighted by Crippen LogP contribution is -2.55. The van der Waals surface area contributed by atoms with Crippen molar-refractivity contribution in [2.45, 2.75) is 38.5 Å². The third-order valence-corrected chi connectivity index (χ3v) is 7.42. The second kappa shape index (κ2) is 5.74. The zero-order valence-corrected chi connectivity index (χ0v) is 15.6. The molecule has 0 atom stereocenters. The van der Waals surface area contributed by atoms with Crippen LogP contribution < -0.4 is 10.6 Å². The first-order chi connectivity index (χ1) is 12.1. The molecule has 2 N–H and O–H groups in total. The maximum atomic E-state index is 13.0. The number of hydrogen-bond acceptors (Lipinski definition) is 4. The van der Waals surface area contributed by atoms with Crippen LogP contribution in [0.3, 0.4) is 0 Å². The molecule has 4 bridgehead atoms. The van der Waals surface area contributed by atoms with E-state index >= 15 is 0 Å². The largest absolute Gasteiger partial charge is 0.308 e. The molecule has 4 saturated carbocycles. The number of hydrogen-bond donors (Lipinski definition) is 2. The zero-order valence-electron chi connectivity index (χ0n) is 14.0. The molecule has 4 fully saturated rings. The van der Waals surface area contributed by atoms with E-state index in [2.05, 4.69) is 15.6 Å². The Hall–Kier alpha value is -1.53. The van der Waals surface area contributed by atoms with Crippen molar-refractivity contribution in [1.29, 1.82) is 0 Å². The summed E-state index contributed by atoms with van der Waals surface area (Å²) in [6, 6.07) is 7.99. The Morgan fingerprint density at radius 1 is 1.12 bits per heavy atom. The average molecular weight is 372 g/mol. The van der Waals surface area contributed by atoms with Gasteiger partial charge in [-0.15, -0.1) is 0 Å². The molecule has 130 valence electrons. The number of rotatable bonds is 2. The highest BCUT2D eigenvalue weighted by molar-refractivity contribution is 7.80. The summed E-state index contributed by atoms with van der Waals surface area (Å²) in [5.41, 5.74) is 0.777. The van der Waals surface area contributed by atoms with E-state index in [0.29, 0.717) is 5.11 Å². The molecule has 0 unspecified atom stereocenters. The maximum Gasteiger partial charge on any atom is 0.232 e. The van der Waals surface area contributed by atoms with Crippen molar-refractivity contribution in [3.63, 3.8) is 0 Å². The van der Waals surface area contributed by atoms with Crippen LogP contribution in [-0.4, -0.2) is 16.0 Å². The maximum absolute atomic E-state index is 13.0. The van der Waals surface area contributed by atoms with Crippen LogP contribution in [0.4, 0.5) is 5.13 Å². The number of carbonyl (C=O) groups excluding carboxylic acids is 1. The number of nitrogens with zero attached hydrogens (tertiary/aromatic N) is 1. The normalized spacial score (nSPS) is 32.7. The van der Waals surface area contributed by atoms with Gasteiger partial charge >= 0.3 is 0 Å². The molecule has 4 aliphatic carbocycles. The summed E-state index contributed by atoms with van der Waals surface area (Å²) in [5.74, 6) is 2.39. The fourth-order valence-corrected chi connectivity index (χ4v) is 6.80. The van der Waals surface area contributed by atoms with Crippen LogP contribution in [0.25, 0.3) is 10.2 Å². The minimum absolute atomic E-state index is 0.130. The molecule has 4 aliphatic rings. The zero-order chi connectivity index (χ0) is 17.0. The summed E-state index contributed by atoms with van der Waals surface area (Å²) in [7, 11) is 0. The van der Waals surface area contributed by atoms with Gasteiger partial charge < -0.3 is 10.6 Å². The highest BCUT2D eigenvalue weighted by Gasteiger charge is 2.54. The van der Waals surface area contributed by atoms with Crippen molar-refractivity contribution >= 4 is 49.9 Å². The standard InChI is InChI=1S/C19H21N3OS2/c23-16(19-8-11-5-12(9-19)7-13(6-11)10-19)21-17(24)22-18-20-14-3-1-2-4-15(14)25-18/h1-4,11-13H,5-10H2,(H2,20,21,22,23,24). The van der Waals surface area contributed by atoms with E-state index in [1.807, 2.05) is 24.3 Å². The van der Waals surface area contributed by atoms with Gasteiger partial charge in [0.05, 0.1) is 15.6 Å². The van der Waals surface area contributed by atoms with E-state index in [1.165, 1.54) is 19.3 Å². The van der Waals surface area contributed by atoms with Gasteiger partial charge in [-0.05, 0) is 80.6 Å². The van der Waals surface area contributed by atoms with Gasteiger partial charge in [0.1, 0.15) is 0 Å². The molecular formula is C19H21N3OS2. The molecule has 1 aromatic heterocycles. The highest BCUT2D eigenvalue weighted by atomic mass is 32.1. The lowest BCUT2D eigenvalue weighted by Gasteiger charge is -2.55. The molecule has 1 aromatic carbocycles. The molecule has 1 heterocycles. The van der Waals surface area contributed by atoms with Gasteiger partial charge in [-0.1, -0.05) is 23.5 Å². The number of amides is 1. The predicted molar refractivity (Wildman–Crippen MR) is 105 cm³/mol. The number of benzene rings is 1. The number of carbonyl (C=O) groups is 1.